The molecule has 14 heavy (non-hydrogen) atoms. The Morgan fingerprint density at radius 3 is 2.86 bits per heavy atom. The average Bonchev–Trinajstić information content (AvgIpc) is 2.53. The molecule has 0 spiro atoms. The lowest BCUT2D eigenvalue weighted by Crippen LogP contribution is -2.04. The standard InChI is InChI=1S/C6H4F3N3OS/c7-6(8,9)3-1-12-5(10-3)14-4(2-13)11-12/h1,13H,2H2/i2D2. The topological polar surface area (TPSA) is 50.4 Å². The third-order valence-electron chi connectivity index (χ3n) is 1.43. The average molecular weight is 225 g/mol. The van der Waals surface area contributed by atoms with Gasteiger partial charge >= 0.3 is 6.18 Å². The first kappa shape index (κ1) is 7.18. The van der Waals surface area contributed by atoms with Crippen molar-refractivity contribution in [3.05, 3.63) is 16.9 Å². The molecule has 0 bridgehead atoms. The molecule has 0 amide bonds. The fourth-order valence-electron chi connectivity index (χ4n) is 0.882. The summed E-state index contributed by atoms with van der Waals surface area (Å²) < 4.78 is 51.3. The van der Waals surface area contributed by atoms with E-state index in [0.29, 0.717) is 17.5 Å². The van der Waals surface area contributed by atoms with E-state index in [1.54, 1.807) is 0 Å². The van der Waals surface area contributed by atoms with Gasteiger partial charge in [0.25, 0.3) is 0 Å². The molecule has 4 nitrogen and oxygen atoms in total. The SMILES string of the molecule is [2H]C([2H])(O)c1nn2cc(C(F)(F)F)nc2s1. The van der Waals surface area contributed by atoms with Crippen LogP contribution in [0.5, 0.6) is 0 Å². The number of hydrogen-bond acceptors (Lipinski definition) is 4. The number of aromatic nitrogens is 3. The van der Waals surface area contributed by atoms with Crippen LogP contribution in [0.15, 0.2) is 6.20 Å². The molecule has 0 aliphatic rings. The number of fused-ring (bicyclic) bond motifs is 1. The molecule has 2 aromatic heterocycles. The Kier molecular flexibility index (Phi) is 1.50. The van der Waals surface area contributed by atoms with Gasteiger partial charge < -0.3 is 5.11 Å². The second-order valence-electron chi connectivity index (χ2n) is 2.37. The molecule has 0 fully saturated rings. The highest BCUT2D eigenvalue weighted by atomic mass is 32.1. The summed E-state index contributed by atoms with van der Waals surface area (Å²) in [5.74, 6) is 0. The number of imidazole rings is 1. The fourth-order valence-corrected chi connectivity index (χ4v) is 1.56. The van der Waals surface area contributed by atoms with E-state index in [2.05, 4.69) is 10.1 Å². The molecule has 0 radical (unpaired) electrons. The second-order valence-corrected chi connectivity index (χ2v) is 3.33. The Bertz CT molecular complexity index is 454. The van der Waals surface area contributed by atoms with Crippen molar-refractivity contribution < 1.29 is 21.0 Å². The highest BCUT2D eigenvalue weighted by molar-refractivity contribution is 7.16. The Hall–Kier alpha value is -1.15. The van der Waals surface area contributed by atoms with E-state index in [1.807, 2.05) is 0 Å². The molecule has 1 N–H and O–H groups in total. The summed E-state index contributed by atoms with van der Waals surface area (Å²) in [7, 11) is 0. The molecule has 76 valence electrons. The van der Waals surface area contributed by atoms with Crippen LogP contribution >= 0.6 is 11.3 Å². The number of rotatable bonds is 1. The molecular formula is C6H4F3N3OS. The Labute approximate surface area is 82.4 Å². The Morgan fingerprint density at radius 1 is 1.64 bits per heavy atom. The molecule has 0 aromatic carbocycles. The number of halogens is 3. The van der Waals surface area contributed by atoms with Gasteiger partial charge in [-0.05, 0) is 0 Å². The maximum absolute atomic E-state index is 12.2. The molecule has 0 saturated carbocycles. The maximum Gasteiger partial charge on any atom is 0.435 e. The molecule has 0 aliphatic carbocycles. The van der Waals surface area contributed by atoms with Crippen molar-refractivity contribution in [2.75, 3.05) is 0 Å². The lowest BCUT2D eigenvalue weighted by molar-refractivity contribution is -0.140. The third kappa shape index (κ3) is 1.46. The molecule has 2 rings (SSSR count). The number of alkyl halides is 3. The summed E-state index contributed by atoms with van der Waals surface area (Å²) in [6, 6.07) is 0. The van der Waals surface area contributed by atoms with Crippen molar-refractivity contribution in [1.82, 2.24) is 14.6 Å². The summed E-state index contributed by atoms with van der Waals surface area (Å²) in [5, 5.41) is 12.1. The molecule has 8 heteroatoms. The molecule has 2 heterocycles. The summed E-state index contributed by atoms with van der Waals surface area (Å²) >= 11 is 0.557. The van der Waals surface area contributed by atoms with Crippen LogP contribution < -0.4 is 0 Å². The second kappa shape index (κ2) is 2.92. The van der Waals surface area contributed by atoms with E-state index in [0.717, 1.165) is 4.52 Å². The van der Waals surface area contributed by atoms with Crippen molar-refractivity contribution in [2.24, 2.45) is 0 Å². The summed E-state index contributed by atoms with van der Waals surface area (Å²) in [5.41, 5.74) is -1.10. The van der Waals surface area contributed by atoms with E-state index in [9.17, 15) is 13.2 Å². The lowest BCUT2D eigenvalue weighted by atomic mass is 10.5. The van der Waals surface area contributed by atoms with Crippen LogP contribution in [0.2, 0.25) is 0 Å². The van der Waals surface area contributed by atoms with E-state index >= 15 is 0 Å². The smallest absolute Gasteiger partial charge is 0.389 e. The van der Waals surface area contributed by atoms with Gasteiger partial charge in [-0.25, -0.2) is 9.50 Å². The van der Waals surface area contributed by atoms with Crippen LogP contribution in [-0.4, -0.2) is 19.7 Å². The first-order valence-electron chi connectivity index (χ1n) is 4.34. The van der Waals surface area contributed by atoms with E-state index in [4.69, 9.17) is 7.85 Å². The highest BCUT2D eigenvalue weighted by Gasteiger charge is 2.34. The van der Waals surface area contributed by atoms with Gasteiger partial charge in [-0.1, -0.05) is 11.3 Å². The van der Waals surface area contributed by atoms with Crippen LogP contribution in [0, 0.1) is 0 Å². The minimum Gasteiger partial charge on any atom is -0.389 e. The number of hydrogen-bond donors (Lipinski definition) is 1. The Morgan fingerprint density at radius 2 is 2.36 bits per heavy atom. The van der Waals surface area contributed by atoms with Crippen molar-refractivity contribution in [1.29, 1.82) is 0 Å². The summed E-state index contributed by atoms with van der Waals surface area (Å²) in [6.45, 7) is -2.68. The van der Waals surface area contributed by atoms with Crippen LogP contribution in [0.3, 0.4) is 0 Å². The summed E-state index contributed by atoms with van der Waals surface area (Å²) in [4.78, 5) is 3.11. The normalized spacial score (nSPS) is 15.7. The monoisotopic (exact) mass is 225 g/mol. The lowest BCUT2D eigenvalue weighted by Gasteiger charge is -1.98. The zero-order chi connectivity index (χ0) is 12.1. The van der Waals surface area contributed by atoms with Gasteiger partial charge in [0.05, 0.1) is 15.5 Å². The van der Waals surface area contributed by atoms with Gasteiger partial charge in [-0.3, -0.25) is 0 Å². The van der Waals surface area contributed by atoms with Crippen molar-refractivity contribution >= 4 is 16.3 Å². The van der Waals surface area contributed by atoms with Gasteiger partial charge in [-0.15, -0.1) is 0 Å². The fraction of sp³-hybridized carbons (Fsp3) is 0.333. The molecule has 0 aliphatic heterocycles. The molecule has 0 atom stereocenters. The number of nitrogens with zero attached hydrogens (tertiary/aromatic N) is 3. The van der Waals surface area contributed by atoms with Gasteiger partial charge in [0.2, 0.25) is 4.96 Å². The van der Waals surface area contributed by atoms with Gasteiger partial charge in [0, 0.05) is 0 Å². The van der Waals surface area contributed by atoms with Crippen LogP contribution in [0.4, 0.5) is 13.2 Å². The van der Waals surface area contributed by atoms with Gasteiger partial charge in [-0.2, -0.15) is 18.3 Å². The predicted octanol–water partition coefficient (Wildman–Crippen LogP) is 1.30. The van der Waals surface area contributed by atoms with E-state index < -0.39 is 18.4 Å². The zero-order valence-electron chi connectivity index (χ0n) is 8.41. The quantitative estimate of drug-likeness (QED) is 0.795. The Balaban J connectivity index is 2.49. The van der Waals surface area contributed by atoms with Gasteiger partial charge in [0.1, 0.15) is 5.01 Å². The number of aliphatic hydroxyl groups is 1. The molecule has 0 saturated heterocycles. The maximum atomic E-state index is 12.2. The molecule has 2 aromatic rings. The van der Waals surface area contributed by atoms with Crippen molar-refractivity contribution in [3.63, 3.8) is 0 Å². The van der Waals surface area contributed by atoms with Gasteiger partial charge in [0.15, 0.2) is 5.69 Å². The zero-order valence-corrected chi connectivity index (χ0v) is 7.22. The van der Waals surface area contributed by atoms with E-state index in [-0.39, 0.29) is 9.97 Å². The largest absolute Gasteiger partial charge is 0.435 e. The summed E-state index contributed by atoms with van der Waals surface area (Å²) in [6.07, 6.45) is -3.92. The van der Waals surface area contributed by atoms with Crippen LogP contribution in [-0.2, 0) is 12.7 Å². The molecule has 0 unspecified atom stereocenters. The van der Waals surface area contributed by atoms with Crippen molar-refractivity contribution in [3.8, 4) is 0 Å². The third-order valence-corrected chi connectivity index (χ3v) is 2.26. The van der Waals surface area contributed by atoms with Crippen molar-refractivity contribution in [2.45, 2.75) is 12.7 Å². The first-order valence-corrected chi connectivity index (χ1v) is 4.16. The molecular weight excluding hydrogens is 219 g/mol. The van der Waals surface area contributed by atoms with Crippen LogP contribution in [0.1, 0.15) is 13.4 Å². The highest BCUT2D eigenvalue weighted by Crippen LogP contribution is 2.29. The first-order chi connectivity index (χ1) is 7.18. The van der Waals surface area contributed by atoms with Crippen LogP contribution in [0.25, 0.3) is 4.96 Å². The minimum absolute atomic E-state index is 0.125. The minimum atomic E-state index is -4.56. The van der Waals surface area contributed by atoms with E-state index in [1.165, 1.54) is 0 Å². The predicted molar refractivity (Wildman–Crippen MR) is 41.8 cm³/mol.